The normalized spacial score (nSPS) is 16.0. The summed E-state index contributed by atoms with van der Waals surface area (Å²) in [4.78, 5) is 28.2. The van der Waals surface area contributed by atoms with Crippen LogP contribution in [0.5, 0.6) is 0 Å². The van der Waals surface area contributed by atoms with Crippen LogP contribution in [0.4, 0.5) is 10.1 Å². The fraction of sp³-hybridized carbons (Fsp3) is 0.273. The number of rotatable bonds is 5. The number of piperazine rings is 1. The van der Waals surface area contributed by atoms with Crippen LogP contribution in [0.25, 0.3) is 10.9 Å². The zero-order valence-electron chi connectivity index (χ0n) is 16.5. The van der Waals surface area contributed by atoms with E-state index in [0.717, 1.165) is 5.69 Å². The number of aliphatic carboxylic acids is 1. The van der Waals surface area contributed by atoms with E-state index in [4.69, 9.17) is 0 Å². The van der Waals surface area contributed by atoms with Gasteiger partial charge in [-0.3, -0.25) is 9.69 Å². The molecule has 30 heavy (non-hydrogen) atoms. The molecular weight excluding hydrogens is 389 g/mol. The molecule has 1 fully saturated rings. The maximum atomic E-state index is 13.2. The van der Waals surface area contributed by atoms with Gasteiger partial charge >= 0.3 is 11.9 Å². The van der Waals surface area contributed by atoms with E-state index in [0.29, 0.717) is 42.6 Å². The van der Waals surface area contributed by atoms with Gasteiger partial charge in [-0.1, -0.05) is 18.2 Å². The standard InChI is InChI=1S/C22H22FN3O4/c1-24-17-5-3-2-4-16(17)18(19(24)21(27)28)20(22(29)30)26-12-10-25(11-13-26)15-8-6-14(23)7-9-15/h2-9,20H,10-13H2,1H3,(H,27,28)(H,29,30)/t20-/m0/s1. The third-order valence-electron chi connectivity index (χ3n) is 5.73. The summed E-state index contributed by atoms with van der Waals surface area (Å²) in [5, 5.41) is 20.5. The number of aromatic nitrogens is 1. The topological polar surface area (TPSA) is 86.0 Å². The van der Waals surface area contributed by atoms with E-state index in [2.05, 4.69) is 4.90 Å². The van der Waals surface area contributed by atoms with Crippen molar-refractivity contribution in [1.82, 2.24) is 9.47 Å². The fourth-order valence-corrected chi connectivity index (χ4v) is 4.31. The molecule has 1 saturated heterocycles. The van der Waals surface area contributed by atoms with Gasteiger partial charge < -0.3 is 19.7 Å². The predicted octanol–water partition coefficient (Wildman–Crippen LogP) is 2.96. The van der Waals surface area contributed by atoms with E-state index in [1.165, 1.54) is 16.7 Å². The monoisotopic (exact) mass is 411 g/mol. The number of nitrogens with zero attached hydrogens (tertiary/aromatic N) is 3. The second-order valence-corrected chi connectivity index (χ2v) is 7.38. The minimum Gasteiger partial charge on any atom is -0.480 e. The van der Waals surface area contributed by atoms with Gasteiger partial charge in [0.15, 0.2) is 0 Å². The van der Waals surface area contributed by atoms with Gasteiger partial charge in [-0.2, -0.15) is 0 Å². The van der Waals surface area contributed by atoms with Crippen molar-refractivity contribution < 1.29 is 24.2 Å². The highest BCUT2D eigenvalue weighted by Crippen LogP contribution is 2.35. The predicted molar refractivity (Wildman–Crippen MR) is 110 cm³/mol. The molecule has 1 aliphatic rings. The van der Waals surface area contributed by atoms with Crippen LogP contribution in [-0.4, -0.2) is 57.8 Å². The lowest BCUT2D eigenvalue weighted by Crippen LogP contribution is -2.49. The minimum atomic E-state index is -1.15. The van der Waals surface area contributed by atoms with Crippen LogP contribution in [0.3, 0.4) is 0 Å². The largest absolute Gasteiger partial charge is 0.480 e. The number of carbonyl (C=O) groups is 2. The van der Waals surface area contributed by atoms with E-state index in [1.54, 1.807) is 48.3 Å². The Morgan fingerprint density at radius 3 is 2.20 bits per heavy atom. The van der Waals surface area contributed by atoms with Crippen LogP contribution in [0, 0.1) is 5.82 Å². The Bertz CT molecular complexity index is 1100. The molecule has 2 heterocycles. The van der Waals surface area contributed by atoms with Gasteiger partial charge in [0, 0.05) is 55.4 Å². The quantitative estimate of drug-likeness (QED) is 0.671. The molecule has 0 bridgehead atoms. The highest BCUT2D eigenvalue weighted by atomic mass is 19.1. The van der Waals surface area contributed by atoms with Crippen molar-refractivity contribution >= 4 is 28.5 Å². The fourth-order valence-electron chi connectivity index (χ4n) is 4.31. The Labute approximate surface area is 172 Å². The van der Waals surface area contributed by atoms with Gasteiger partial charge in [0.1, 0.15) is 17.6 Å². The number of hydrogen-bond acceptors (Lipinski definition) is 4. The Kier molecular flexibility index (Phi) is 5.17. The molecule has 1 atom stereocenters. The van der Waals surface area contributed by atoms with E-state index in [-0.39, 0.29) is 11.5 Å². The number of aromatic carboxylic acids is 1. The summed E-state index contributed by atoms with van der Waals surface area (Å²) in [6, 6.07) is 12.3. The highest BCUT2D eigenvalue weighted by Gasteiger charge is 2.36. The van der Waals surface area contributed by atoms with Crippen molar-refractivity contribution in [2.75, 3.05) is 31.1 Å². The molecule has 2 aromatic carbocycles. The van der Waals surface area contributed by atoms with Gasteiger partial charge in [0.05, 0.1) is 0 Å². The van der Waals surface area contributed by atoms with Crippen molar-refractivity contribution in [2.24, 2.45) is 7.05 Å². The molecule has 2 N–H and O–H groups in total. The number of benzene rings is 2. The zero-order chi connectivity index (χ0) is 21.4. The van der Waals surface area contributed by atoms with Crippen LogP contribution in [0.1, 0.15) is 22.1 Å². The van der Waals surface area contributed by atoms with Crippen molar-refractivity contribution in [3.63, 3.8) is 0 Å². The zero-order valence-corrected chi connectivity index (χ0v) is 16.5. The summed E-state index contributed by atoms with van der Waals surface area (Å²) in [5.74, 6) is -2.54. The van der Waals surface area contributed by atoms with Gasteiger partial charge in [-0.15, -0.1) is 0 Å². The van der Waals surface area contributed by atoms with E-state index in [9.17, 15) is 24.2 Å². The number of carboxylic acids is 2. The van der Waals surface area contributed by atoms with Crippen LogP contribution >= 0.6 is 0 Å². The lowest BCUT2D eigenvalue weighted by Gasteiger charge is -2.39. The van der Waals surface area contributed by atoms with Crippen molar-refractivity contribution in [1.29, 1.82) is 0 Å². The molecule has 0 unspecified atom stereocenters. The van der Waals surface area contributed by atoms with Gasteiger partial charge in [0.25, 0.3) is 0 Å². The van der Waals surface area contributed by atoms with Crippen molar-refractivity contribution in [2.45, 2.75) is 6.04 Å². The first-order valence-electron chi connectivity index (χ1n) is 9.66. The van der Waals surface area contributed by atoms with Gasteiger partial charge in [-0.05, 0) is 30.3 Å². The Morgan fingerprint density at radius 2 is 1.60 bits per heavy atom. The van der Waals surface area contributed by atoms with E-state index < -0.39 is 18.0 Å². The molecule has 156 valence electrons. The van der Waals surface area contributed by atoms with E-state index >= 15 is 0 Å². The number of carboxylic acid groups (broad SMARTS) is 2. The van der Waals surface area contributed by atoms with Crippen LogP contribution in [0.15, 0.2) is 48.5 Å². The number of para-hydroxylation sites is 1. The minimum absolute atomic E-state index is 0.00966. The van der Waals surface area contributed by atoms with Gasteiger partial charge in [-0.25, -0.2) is 9.18 Å². The average molecular weight is 411 g/mol. The molecule has 4 rings (SSSR count). The van der Waals surface area contributed by atoms with Crippen LogP contribution in [0.2, 0.25) is 0 Å². The molecular formula is C22H22FN3O4. The number of halogens is 1. The number of aryl methyl sites for hydroxylation is 1. The summed E-state index contributed by atoms with van der Waals surface area (Å²) in [6.45, 7) is 2.00. The summed E-state index contributed by atoms with van der Waals surface area (Å²) >= 11 is 0. The third-order valence-corrected chi connectivity index (χ3v) is 5.73. The Balaban J connectivity index is 1.68. The molecule has 0 saturated carbocycles. The molecule has 0 amide bonds. The number of anilines is 1. The second kappa shape index (κ2) is 7.79. The molecule has 3 aromatic rings. The van der Waals surface area contributed by atoms with E-state index in [1.807, 2.05) is 0 Å². The van der Waals surface area contributed by atoms with Crippen molar-refractivity contribution in [3.05, 3.63) is 65.6 Å². The summed E-state index contributed by atoms with van der Waals surface area (Å²) in [5.41, 5.74) is 1.85. The molecule has 0 spiro atoms. The summed E-state index contributed by atoms with van der Waals surface area (Å²) < 4.78 is 14.7. The Hall–Kier alpha value is -3.39. The summed E-state index contributed by atoms with van der Waals surface area (Å²) in [6.07, 6.45) is 0. The lowest BCUT2D eigenvalue weighted by molar-refractivity contribution is -0.143. The molecule has 0 aliphatic carbocycles. The van der Waals surface area contributed by atoms with Crippen LogP contribution in [-0.2, 0) is 11.8 Å². The maximum absolute atomic E-state index is 13.2. The SMILES string of the molecule is Cn1c(C(=O)O)c([C@@H](C(=O)O)N2CCN(c3ccc(F)cc3)CC2)c2ccccc21. The second-order valence-electron chi connectivity index (χ2n) is 7.38. The smallest absolute Gasteiger partial charge is 0.352 e. The molecule has 8 heteroatoms. The molecule has 1 aliphatic heterocycles. The van der Waals surface area contributed by atoms with Crippen LogP contribution < -0.4 is 4.90 Å². The maximum Gasteiger partial charge on any atom is 0.352 e. The Morgan fingerprint density at radius 1 is 0.967 bits per heavy atom. The third kappa shape index (κ3) is 3.39. The molecule has 7 nitrogen and oxygen atoms in total. The van der Waals surface area contributed by atoms with Gasteiger partial charge in [0.2, 0.25) is 0 Å². The lowest BCUT2D eigenvalue weighted by atomic mass is 10.00. The molecule has 1 aromatic heterocycles. The number of hydrogen-bond donors (Lipinski definition) is 2. The highest BCUT2D eigenvalue weighted by molar-refractivity contribution is 6.01. The first-order chi connectivity index (χ1) is 14.4. The average Bonchev–Trinajstić information content (AvgIpc) is 3.02. The first-order valence-corrected chi connectivity index (χ1v) is 9.66. The molecule has 0 radical (unpaired) electrons. The number of fused-ring (bicyclic) bond motifs is 1. The summed E-state index contributed by atoms with van der Waals surface area (Å²) in [7, 11) is 1.64. The first kappa shape index (κ1) is 19.9. The van der Waals surface area contributed by atoms with Crippen molar-refractivity contribution in [3.8, 4) is 0 Å².